The Morgan fingerprint density at radius 2 is 1.88 bits per heavy atom. The summed E-state index contributed by atoms with van der Waals surface area (Å²) < 4.78 is 85.6. The molecule has 32 heavy (non-hydrogen) atoms. The normalized spacial score (nSPS) is 21.2. The molecule has 1 saturated heterocycles. The van der Waals surface area contributed by atoms with Gasteiger partial charge in [-0.25, -0.2) is 17.6 Å². The zero-order valence-corrected chi connectivity index (χ0v) is 19.3. The zero-order chi connectivity index (χ0) is 24.1. The van der Waals surface area contributed by atoms with E-state index in [1.165, 1.54) is 15.3 Å². The highest BCUT2D eigenvalue weighted by atomic mass is 32.2. The second kappa shape index (κ2) is 8.16. The van der Waals surface area contributed by atoms with E-state index in [1.54, 1.807) is 20.8 Å². The molecule has 1 aliphatic carbocycles. The molecule has 0 spiro atoms. The van der Waals surface area contributed by atoms with E-state index in [1.807, 2.05) is 0 Å². The third kappa shape index (κ3) is 5.19. The number of halogens is 4. The van der Waals surface area contributed by atoms with Gasteiger partial charge >= 0.3 is 12.3 Å². The number of rotatable bonds is 5. The third-order valence-electron chi connectivity index (χ3n) is 5.79. The first-order valence-electron chi connectivity index (χ1n) is 10.4. The van der Waals surface area contributed by atoms with Crippen molar-refractivity contribution in [1.29, 1.82) is 0 Å². The van der Waals surface area contributed by atoms with E-state index < -0.39 is 50.9 Å². The van der Waals surface area contributed by atoms with Crippen molar-refractivity contribution in [2.24, 2.45) is 0 Å². The fraction of sp³-hybridized carbons (Fsp3) is 0.667. The molecule has 0 bridgehead atoms. The second-order valence-corrected chi connectivity index (χ2v) is 11.4. The van der Waals surface area contributed by atoms with Gasteiger partial charge in [0.2, 0.25) is 10.0 Å². The number of alkyl halides is 3. The Balaban J connectivity index is 1.92. The molecular formula is C21H28F4N2O4S. The van der Waals surface area contributed by atoms with Gasteiger partial charge in [-0.2, -0.15) is 17.5 Å². The number of likely N-dealkylation sites (tertiary alicyclic amines) is 1. The number of ether oxygens (including phenoxy) is 1. The summed E-state index contributed by atoms with van der Waals surface area (Å²) in [6.45, 7) is 5.51. The molecule has 1 aliphatic heterocycles. The third-order valence-corrected chi connectivity index (χ3v) is 7.09. The lowest BCUT2D eigenvalue weighted by Crippen LogP contribution is -2.49. The summed E-state index contributed by atoms with van der Waals surface area (Å²) in [7, 11) is -3.86. The molecule has 1 aromatic rings. The van der Waals surface area contributed by atoms with E-state index in [-0.39, 0.29) is 12.1 Å². The lowest BCUT2D eigenvalue weighted by atomic mass is 10.0. The first kappa shape index (κ1) is 24.8. The van der Waals surface area contributed by atoms with Crippen LogP contribution in [0.1, 0.15) is 57.6 Å². The van der Waals surface area contributed by atoms with Crippen LogP contribution in [0.4, 0.5) is 22.4 Å². The Bertz CT molecular complexity index is 984. The molecule has 6 nitrogen and oxygen atoms in total. The van der Waals surface area contributed by atoms with Gasteiger partial charge in [0.15, 0.2) is 0 Å². The molecule has 1 heterocycles. The standard InChI is InChI=1S/C21H28F4N2O4S/c1-19(2,3)31-18(28)26-11-5-6-15(26)13-27(32(4,29)30)20(9-10-20)14-7-8-17(22)16(12-14)21(23,24)25/h7-8,12,15H,5-6,9-11,13H2,1-4H3. The number of sulfonamides is 1. The predicted molar refractivity (Wildman–Crippen MR) is 110 cm³/mol. The van der Waals surface area contributed by atoms with Crippen molar-refractivity contribution in [3.8, 4) is 0 Å². The molecule has 180 valence electrons. The molecule has 2 aliphatic rings. The number of benzene rings is 1. The minimum atomic E-state index is -4.90. The summed E-state index contributed by atoms with van der Waals surface area (Å²) >= 11 is 0. The predicted octanol–water partition coefficient (Wildman–Crippen LogP) is 4.49. The fourth-order valence-electron chi connectivity index (χ4n) is 4.24. The summed E-state index contributed by atoms with van der Waals surface area (Å²) in [5.74, 6) is -1.41. The lowest BCUT2D eigenvalue weighted by Gasteiger charge is -2.35. The highest BCUT2D eigenvalue weighted by Gasteiger charge is 2.55. The van der Waals surface area contributed by atoms with Crippen LogP contribution in [0.15, 0.2) is 18.2 Å². The number of carbonyl (C=O) groups excluding carboxylic acids is 1. The molecular weight excluding hydrogens is 452 g/mol. The van der Waals surface area contributed by atoms with Crippen LogP contribution in [0.2, 0.25) is 0 Å². The molecule has 1 aromatic carbocycles. The molecule has 11 heteroatoms. The number of nitrogens with zero attached hydrogens (tertiary/aromatic N) is 2. The van der Waals surface area contributed by atoms with Crippen molar-refractivity contribution in [3.63, 3.8) is 0 Å². The molecule has 1 atom stereocenters. The van der Waals surface area contributed by atoms with E-state index in [9.17, 15) is 30.8 Å². The molecule has 0 N–H and O–H groups in total. The van der Waals surface area contributed by atoms with E-state index in [0.717, 1.165) is 12.3 Å². The van der Waals surface area contributed by atoms with E-state index in [0.29, 0.717) is 38.3 Å². The summed E-state index contributed by atoms with van der Waals surface area (Å²) in [5, 5.41) is 0. The van der Waals surface area contributed by atoms with Crippen molar-refractivity contribution in [1.82, 2.24) is 9.21 Å². The van der Waals surface area contributed by atoms with Gasteiger partial charge in [-0.05, 0) is 64.2 Å². The van der Waals surface area contributed by atoms with Gasteiger partial charge in [0.25, 0.3) is 0 Å². The first-order valence-corrected chi connectivity index (χ1v) is 12.2. The van der Waals surface area contributed by atoms with Crippen molar-refractivity contribution in [2.45, 2.75) is 69.8 Å². The van der Waals surface area contributed by atoms with Gasteiger partial charge in [-0.3, -0.25) is 0 Å². The van der Waals surface area contributed by atoms with Gasteiger partial charge < -0.3 is 9.64 Å². The summed E-state index contributed by atoms with van der Waals surface area (Å²) in [5.41, 5.74) is -3.24. The van der Waals surface area contributed by atoms with E-state index in [4.69, 9.17) is 4.74 Å². The Labute approximate surface area is 185 Å². The van der Waals surface area contributed by atoms with Gasteiger partial charge in [0, 0.05) is 19.1 Å². The highest BCUT2D eigenvalue weighted by Crippen LogP contribution is 2.53. The van der Waals surface area contributed by atoms with Crippen molar-refractivity contribution in [2.75, 3.05) is 19.3 Å². The first-order chi connectivity index (χ1) is 14.5. The monoisotopic (exact) mass is 480 g/mol. The van der Waals surface area contributed by atoms with Crippen LogP contribution in [0.5, 0.6) is 0 Å². The van der Waals surface area contributed by atoms with Crippen LogP contribution in [-0.4, -0.2) is 54.7 Å². The van der Waals surface area contributed by atoms with Crippen LogP contribution in [0.3, 0.4) is 0 Å². The Kier molecular flexibility index (Phi) is 6.31. The Morgan fingerprint density at radius 1 is 1.25 bits per heavy atom. The minimum absolute atomic E-state index is 0.0726. The van der Waals surface area contributed by atoms with Gasteiger partial charge in [0.1, 0.15) is 11.4 Å². The molecule has 1 saturated carbocycles. The maximum Gasteiger partial charge on any atom is 0.419 e. The Morgan fingerprint density at radius 3 is 2.38 bits per heavy atom. The maximum atomic E-state index is 13.8. The number of hydrogen-bond acceptors (Lipinski definition) is 4. The minimum Gasteiger partial charge on any atom is -0.444 e. The molecule has 0 radical (unpaired) electrons. The van der Waals surface area contributed by atoms with Gasteiger partial charge in [-0.1, -0.05) is 6.07 Å². The lowest BCUT2D eigenvalue weighted by molar-refractivity contribution is -0.140. The number of carbonyl (C=O) groups is 1. The van der Waals surface area contributed by atoms with Crippen molar-refractivity contribution >= 4 is 16.1 Å². The maximum absolute atomic E-state index is 13.8. The summed E-state index contributed by atoms with van der Waals surface area (Å²) in [6.07, 6.45) is -2.65. The number of amides is 1. The van der Waals surface area contributed by atoms with Crippen molar-refractivity contribution in [3.05, 3.63) is 35.1 Å². The molecule has 1 amide bonds. The fourth-order valence-corrected chi connectivity index (χ4v) is 5.60. The van der Waals surface area contributed by atoms with Gasteiger partial charge in [-0.15, -0.1) is 0 Å². The second-order valence-electron chi connectivity index (χ2n) is 9.49. The SMILES string of the molecule is CC(C)(C)OC(=O)N1CCCC1CN(C1(c2ccc(F)c(C(F)(F)F)c2)CC1)S(C)(=O)=O. The van der Waals surface area contributed by atoms with Gasteiger partial charge in [0.05, 0.1) is 17.4 Å². The van der Waals surface area contributed by atoms with Crippen LogP contribution >= 0.6 is 0 Å². The Hall–Kier alpha value is -1.88. The van der Waals surface area contributed by atoms with Crippen LogP contribution in [-0.2, 0) is 26.5 Å². The van der Waals surface area contributed by atoms with E-state index >= 15 is 0 Å². The average Bonchev–Trinajstić information content (AvgIpc) is 3.26. The zero-order valence-electron chi connectivity index (χ0n) is 18.5. The molecule has 0 aromatic heterocycles. The van der Waals surface area contributed by atoms with Crippen LogP contribution in [0.25, 0.3) is 0 Å². The molecule has 1 unspecified atom stereocenters. The highest BCUT2D eigenvalue weighted by molar-refractivity contribution is 7.88. The smallest absolute Gasteiger partial charge is 0.419 e. The van der Waals surface area contributed by atoms with Crippen LogP contribution in [0, 0.1) is 5.82 Å². The molecule has 3 rings (SSSR count). The van der Waals surface area contributed by atoms with E-state index in [2.05, 4.69) is 0 Å². The number of hydrogen-bond donors (Lipinski definition) is 0. The average molecular weight is 481 g/mol. The quantitative estimate of drug-likeness (QED) is 0.583. The molecule has 2 fully saturated rings. The topological polar surface area (TPSA) is 66.9 Å². The largest absolute Gasteiger partial charge is 0.444 e. The van der Waals surface area contributed by atoms with Crippen molar-refractivity contribution < 1.29 is 35.5 Å². The summed E-state index contributed by atoms with van der Waals surface area (Å²) in [4.78, 5) is 14.1. The summed E-state index contributed by atoms with van der Waals surface area (Å²) in [6, 6.07) is 2.15. The van der Waals surface area contributed by atoms with Crippen LogP contribution < -0.4 is 0 Å².